The van der Waals surface area contributed by atoms with Crippen LogP contribution in [0.25, 0.3) is 11.1 Å². The van der Waals surface area contributed by atoms with Crippen LogP contribution in [-0.4, -0.2) is 26.3 Å². The Balaban J connectivity index is 2.12. The second-order valence-electron chi connectivity index (χ2n) is 8.37. The molecule has 2 heterocycles. The number of H-pyrrole nitrogens is 1. The molecule has 0 aliphatic heterocycles. The second-order valence-corrected chi connectivity index (χ2v) is 8.37. The highest BCUT2D eigenvalue weighted by atomic mass is 16.6. The largest absolute Gasteiger partial charge is 0.456 e. The first-order valence-corrected chi connectivity index (χ1v) is 9.90. The first-order chi connectivity index (χ1) is 14.6. The molecule has 0 aliphatic carbocycles. The Morgan fingerprint density at radius 3 is 2.48 bits per heavy atom. The summed E-state index contributed by atoms with van der Waals surface area (Å²) in [6, 6.07) is 11.0. The molecule has 0 saturated carbocycles. The second kappa shape index (κ2) is 8.56. The maximum Gasteiger partial charge on any atom is 0.341 e. The third-order valence-corrected chi connectivity index (χ3v) is 4.93. The molecule has 8 nitrogen and oxygen atoms in total. The van der Waals surface area contributed by atoms with E-state index in [9.17, 15) is 9.70 Å². The molecule has 0 amide bonds. The third-order valence-electron chi connectivity index (χ3n) is 4.93. The van der Waals surface area contributed by atoms with Crippen LogP contribution in [0.15, 0.2) is 35.5 Å². The molecule has 160 valence electrons. The maximum absolute atomic E-state index is 13.2. The van der Waals surface area contributed by atoms with Crippen molar-refractivity contribution < 1.29 is 9.53 Å². The molecular formula is C23H25N5O3. The van der Waals surface area contributed by atoms with Gasteiger partial charge in [-0.05, 0) is 58.4 Å². The van der Waals surface area contributed by atoms with Crippen LogP contribution in [0.3, 0.4) is 0 Å². The lowest BCUT2D eigenvalue weighted by molar-refractivity contribution is 0.00695. The van der Waals surface area contributed by atoms with Crippen molar-refractivity contribution in [1.82, 2.24) is 14.8 Å². The highest BCUT2D eigenvalue weighted by Gasteiger charge is 2.28. The summed E-state index contributed by atoms with van der Waals surface area (Å²) >= 11 is 0. The number of esters is 1. The molecule has 0 unspecified atom stereocenters. The molecule has 1 aromatic carbocycles. The molecule has 3 aromatic rings. The predicted molar refractivity (Wildman–Crippen MR) is 116 cm³/mol. The van der Waals surface area contributed by atoms with Gasteiger partial charge in [0.05, 0.1) is 35.1 Å². The van der Waals surface area contributed by atoms with Crippen molar-refractivity contribution in [2.45, 2.75) is 53.3 Å². The number of hydrogen-bond donors (Lipinski definition) is 1. The Labute approximate surface area is 180 Å². The van der Waals surface area contributed by atoms with Gasteiger partial charge in [0.25, 0.3) is 0 Å². The zero-order valence-corrected chi connectivity index (χ0v) is 18.3. The average molecular weight is 419 g/mol. The van der Waals surface area contributed by atoms with Crippen molar-refractivity contribution in [3.63, 3.8) is 0 Å². The van der Waals surface area contributed by atoms with E-state index in [2.05, 4.69) is 21.4 Å². The molecule has 8 heteroatoms. The summed E-state index contributed by atoms with van der Waals surface area (Å²) in [6.45, 7) is 9.76. The van der Waals surface area contributed by atoms with Crippen molar-refractivity contribution >= 4 is 5.97 Å². The minimum absolute atomic E-state index is 0.000206. The monoisotopic (exact) mass is 419 g/mol. The number of aromatic nitrogens is 3. The molecule has 1 N–H and O–H groups in total. The molecule has 0 atom stereocenters. The SMILES string of the molecule is Cc1c(C(=O)OC(C)(C)C)c(-c2ccc(C#N)cc2)c(C)n1Cc1cc(CN=O)n[nH]1. The Morgan fingerprint density at radius 1 is 1.23 bits per heavy atom. The van der Waals surface area contributed by atoms with E-state index in [1.807, 2.05) is 51.3 Å². The van der Waals surface area contributed by atoms with Crippen LogP contribution in [0, 0.1) is 30.1 Å². The molecule has 2 aromatic heterocycles. The minimum atomic E-state index is -0.637. The highest BCUT2D eigenvalue weighted by molar-refractivity contribution is 6.00. The van der Waals surface area contributed by atoms with Crippen molar-refractivity contribution in [2.24, 2.45) is 5.18 Å². The average Bonchev–Trinajstić information content (AvgIpc) is 3.24. The minimum Gasteiger partial charge on any atom is -0.456 e. The molecular weight excluding hydrogens is 394 g/mol. The number of nitrogens with one attached hydrogen (secondary N) is 1. The quantitative estimate of drug-likeness (QED) is 0.462. The fourth-order valence-electron chi connectivity index (χ4n) is 3.57. The molecule has 0 saturated heterocycles. The van der Waals surface area contributed by atoms with Gasteiger partial charge in [-0.25, -0.2) is 4.79 Å². The van der Waals surface area contributed by atoms with Crippen LogP contribution >= 0.6 is 0 Å². The summed E-state index contributed by atoms with van der Waals surface area (Å²) in [7, 11) is 0. The fraction of sp³-hybridized carbons (Fsp3) is 0.348. The lowest BCUT2D eigenvalue weighted by atomic mass is 9.99. The van der Waals surface area contributed by atoms with Crippen LogP contribution < -0.4 is 0 Å². The van der Waals surface area contributed by atoms with Gasteiger partial charge in [-0.3, -0.25) is 5.10 Å². The van der Waals surface area contributed by atoms with Gasteiger partial charge in [-0.1, -0.05) is 17.3 Å². The predicted octanol–water partition coefficient (Wildman–Crippen LogP) is 4.64. The summed E-state index contributed by atoms with van der Waals surface area (Å²) in [4.78, 5) is 23.7. The van der Waals surface area contributed by atoms with E-state index in [4.69, 9.17) is 10.00 Å². The van der Waals surface area contributed by atoms with Gasteiger partial charge in [0.2, 0.25) is 0 Å². The standard InChI is InChI=1S/C23H25N5O3/c1-14-20(17-8-6-16(11-24)7-9-17)21(22(29)31-23(3,4)5)15(2)28(14)13-19-10-18(12-25-30)26-27-19/h6-10H,12-13H2,1-5H3,(H,26,27). The van der Waals surface area contributed by atoms with Crippen molar-refractivity contribution in [3.8, 4) is 17.2 Å². The van der Waals surface area contributed by atoms with Gasteiger partial charge in [-0.15, -0.1) is 0 Å². The first kappa shape index (κ1) is 22.0. The summed E-state index contributed by atoms with van der Waals surface area (Å²) in [5, 5.41) is 19.0. The number of ether oxygens (including phenoxy) is 1. The van der Waals surface area contributed by atoms with Crippen LogP contribution in [-0.2, 0) is 17.8 Å². The number of carbonyl (C=O) groups excluding carboxylic acids is 1. The Hall–Kier alpha value is -3.73. The van der Waals surface area contributed by atoms with Crippen LogP contribution in [0.5, 0.6) is 0 Å². The molecule has 0 aliphatic rings. The van der Waals surface area contributed by atoms with E-state index in [0.717, 1.165) is 28.2 Å². The Kier molecular flexibility index (Phi) is 6.07. The topological polar surface area (TPSA) is 113 Å². The smallest absolute Gasteiger partial charge is 0.341 e. The van der Waals surface area contributed by atoms with Gasteiger partial charge in [0.1, 0.15) is 12.1 Å². The Morgan fingerprint density at radius 2 is 1.90 bits per heavy atom. The number of nitroso groups, excluding NO2 is 1. The van der Waals surface area contributed by atoms with Gasteiger partial charge in [0, 0.05) is 17.0 Å². The van der Waals surface area contributed by atoms with Crippen molar-refractivity contribution in [1.29, 1.82) is 5.26 Å². The van der Waals surface area contributed by atoms with Gasteiger partial charge in [-0.2, -0.15) is 15.3 Å². The fourth-order valence-corrected chi connectivity index (χ4v) is 3.57. The van der Waals surface area contributed by atoms with E-state index in [1.165, 1.54) is 0 Å². The summed E-state index contributed by atoms with van der Waals surface area (Å²) in [5.74, 6) is -0.401. The van der Waals surface area contributed by atoms with E-state index in [1.54, 1.807) is 18.2 Å². The van der Waals surface area contributed by atoms with Crippen LogP contribution in [0.4, 0.5) is 0 Å². The zero-order valence-electron chi connectivity index (χ0n) is 18.3. The number of benzene rings is 1. The molecule has 31 heavy (non-hydrogen) atoms. The summed E-state index contributed by atoms with van der Waals surface area (Å²) in [6.07, 6.45) is 0. The highest BCUT2D eigenvalue weighted by Crippen LogP contribution is 2.34. The number of carbonyl (C=O) groups is 1. The molecule has 3 rings (SSSR count). The van der Waals surface area contributed by atoms with Crippen LogP contribution in [0.2, 0.25) is 0 Å². The van der Waals surface area contributed by atoms with Crippen molar-refractivity contribution in [3.05, 3.63) is 69.1 Å². The molecule has 0 radical (unpaired) electrons. The van der Waals surface area contributed by atoms with E-state index in [0.29, 0.717) is 23.4 Å². The lowest BCUT2D eigenvalue weighted by Crippen LogP contribution is -2.24. The zero-order chi connectivity index (χ0) is 22.8. The van der Waals surface area contributed by atoms with Crippen molar-refractivity contribution in [2.75, 3.05) is 0 Å². The van der Waals surface area contributed by atoms with E-state index >= 15 is 0 Å². The number of nitriles is 1. The van der Waals surface area contributed by atoms with E-state index < -0.39 is 11.6 Å². The Bertz CT molecular complexity index is 1160. The van der Waals surface area contributed by atoms with Gasteiger partial charge in [0.15, 0.2) is 0 Å². The maximum atomic E-state index is 13.2. The molecule has 0 fully saturated rings. The number of aromatic amines is 1. The lowest BCUT2D eigenvalue weighted by Gasteiger charge is -2.20. The summed E-state index contributed by atoms with van der Waals surface area (Å²) < 4.78 is 7.71. The van der Waals surface area contributed by atoms with Gasteiger partial charge >= 0.3 is 5.97 Å². The molecule has 0 bridgehead atoms. The number of hydrogen-bond acceptors (Lipinski definition) is 6. The number of nitrogens with zero attached hydrogens (tertiary/aromatic N) is 4. The normalized spacial score (nSPS) is 11.2. The summed E-state index contributed by atoms with van der Waals surface area (Å²) in [5.41, 5.74) is 5.00. The van der Waals surface area contributed by atoms with Gasteiger partial charge < -0.3 is 9.30 Å². The van der Waals surface area contributed by atoms with Crippen LogP contribution in [0.1, 0.15) is 59.5 Å². The third kappa shape index (κ3) is 4.72. The number of rotatable bonds is 6. The van der Waals surface area contributed by atoms with E-state index in [-0.39, 0.29) is 6.54 Å². The molecule has 0 spiro atoms. The first-order valence-electron chi connectivity index (χ1n) is 9.90.